The molecule has 1 saturated heterocycles. The summed E-state index contributed by atoms with van der Waals surface area (Å²) in [7, 11) is 4.20. The van der Waals surface area contributed by atoms with Gasteiger partial charge in [-0.05, 0) is 82.0 Å². The molecular weight excluding hydrogens is 395 g/mol. The predicted molar refractivity (Wildman–Crippen MR) is 126 cm³/mol. The first-order chi connectivity index (χ1) is 14.4. The standard InChI is InChI=1S/C24H33FN4S/c1-6-17(2)23(28(4)15-18(3)19-11-13-26-14-12-19)29(5)24-27-22(16-30-24)20-7-9-21(25)10-8-20/h7-10,15-16,19,26H,6,11-14H2,1-5H3. The highest BCUT2D eigenvalue weighted by Crippen LogP contribution is 2.31. The largest absolute Gasteiger partial charge is 0.338 e. The van der Waals surface area contributed by atoms with E-state index in [1.54, 1.807) is 23.5 Å². The van der Waals surface area contributed by atoms with E-state index in [0.717, 1.165) is 41.7 Å². The number of aromatic nitrogens is 1. The number of halogens is 1. The van der Waals surface area contributed by atoms with E-state index in [-0.39, 0.29) is 5.82 Å². The van der Waals surface area contributed by atoms with Crippen LogP contribution in [0.15, 0.2) is 52.8 Å². The van der Waals surface area contributed by atoms with Crippen LogP contribution in [-0.2, 0) is 0 Å². The molecule has 1 aliphatic heterocycles. The molecule has 0 bridgehead atoms. The zero-order valence-corrected chi connectivity index (χ0v) is 19.5. The van der Waals surface area contributed by atoms with Crippen LogP contribution in [0.5, 0.6) is 0 Å². The first-order valence-electron chi connectivity index (χ1n) is 10.7. The molecule has 1 N–H and O–H groups in total. The van der Waals surface area contributed by atoms with Gasteiger partial charge in [0.1, 0.15) is 11.6 Å². The van der Waals surface area contributed by atoms with E-state index >= 15 is 0 Å². The van der Waals surface area contributed by atoms with Crippen molar-refractivity contribution in [1.82, 2.24) is 15.2 Å². The van der Waals surface area contributed by atoms with Gasteiger partial charge in [0.2, 0.25) is 0 Å². The number of thiazole rings is 1. The molecule has 2 heterocycles. The van der Waals surface area contributed by atoms with Gasteiger partial charge in [-0.15, -0.1) is 11.3 Å². The quantitative estimate of drug-likeness (QED) is 0.598. The van der Waals surface area contributed by atoms with Crippen molar-refractivity contribution in [1.29, 1.82) is 0 Å². The predicted octanol–water partition coefficient (Wildman–Crippen LogP) is 5.86. The van der Waals surface area contributed by atoms with Gasteiger partial charge in [-0.2, -0.15) is 0 Å². The summed E-state index contributed by atoms with van der Waals surface area (Å²) in [4.78, 5) is 9.25. The maximum Gasteiger partial charge on any atom is 0.191 e. The molecule has 0 amide bonds. The molecule has 0 atom stereocenters. The monoisotopic (exact) mass is 428 g/mol. The van der Waals surface area contributed by atoms with Crippen LogP contribution < -0.4 is 10.2 Å². The molecule has 1 aromatic carbocycles. The minimum absolute atomic E-state index is 0.229. The molecule has 0 aliphatic carbocycles. The van der Waals surface area contributed by atoms with E-state index in [1.165, 1.54) is 36.1 Å². The SMILES string of the molecule is CCC(C)=C(N(C)C=C(C)C1CCNCC1)N(C)c1nc(-c2ccc(F)cc2)cs1. The molecule has 30 heavy (non-hydrogen) atoms. The number of hydrogen-bond acceptors (Lipinski definition) is 5. The van der Waals surface area contributed by atoms with Gasteiger partial charge in [-0.1, -0.05) is 12.5 Å². The smallest absolute Gasteiger partial charge is 0.191 e. The summed E-state index contributed by atoms with van der Waals surface area (Å²) in [5.74, 6) is 1.57. The van der Waals surface area contributed by atoms with Gasteiger partial charge >= 0.3 is 0 Å². The summed E-state index contributed by atoms with van der Waals surface area (Å²) < 4.78 is 13.3. The Labute approximate surface area is 184 Å². The number of nitrogens with zero attached hydrogens (tertiary/aromatic N) is 3. The van der Waals surface area contributed by atoms with Gasteiger partial charge in [0.25, 0.3) is 0 Å². The van der Waals surface area contributed by atoms with Crippen LogP contribution in [0.2, 0.25) is 0 Å². The topological polar surface area (TPSA) is 31.4 Å². The van der Waals surface area contributed by atoms with Crippen molar-refractivity contribution >= 4 is 16.5 Å². The van der Waals surface area contributed by atoms with Crippen molar-refractivity contribution in [3.05, 3.63) is 58.6 Å². The highest BCUT2D eigenvalue weighted by molar-refractivity contribution is 7.14. The van der Waals surface area contributed by atoms with Crippen LogP contribution in [0, 0.1) is 11.7 Å². The molecular formula is C24H33FN4S. The Hall–Kier alpha value is -2.18. The second-order valence-corrected chi connectivity index (χ2v) is 8.88. The summed E-state index contributed by atoms with van der Waals surface area (Å²) in [6.45, 7) is 8.82. The normalized spacial score (nSPS) is 16.4. The summed E-state index contributed by atoms with van der Waals surface area (Å²) in [6.07, 6.45) is 5.66. The summed E-state index contributed by atoms with van der Waals surface area (Å²) in [5, 5.41) is 6.41. The van der Waals surface area contributed by atoms with Crippen molar-refractivity contribution in [2.24, 2.45) is 5.92 Å². The third-order valence-corrected chi connectivity index (χ3v) is 6.78. The van der Waals surface area contributed by atoms with Gasteiger partial charge in [-0.3, -0.25) is 0 Å². The second kappa shape index (κ2) is 10.2. The van der Waals surface area contributed by atoms with E-state index in [0.29, 0.717) is 5.92 Å². The average Bonchev–Trinajstić information content (AvgIpc) is 3.25. The van der Waals surface area contributed by atoms with Crippen molar-refractivity contribution < 1.29 is 4.39 Å². The molecule has 3 rings (SSSR count). The maximum absolute atomic E-state index is 13.3. The number of piperidine rings is 1. The lowest BCUT2D eigenvalue weighted by atomic mass is 9.91. The van der Waals surface area contributed by atoms with Crippen LogP contribution in [0.25, 0.3) is 11.3 Å². The molecule has 1 fully saturated rings. The zero-order chi connectivity index (χ0) is 21.7. The summed E-state index contributed by atoms with van der Waals surface area (Å²) >= 11 is 1.61. The molecule has 0 spiro atoms. The summed E-state index contributed by atoms with van der Waals surface area (Å²) in [5.41, 5.74) is 4.55. The number of allylic oxidation sites excluding steroid dienone is 2. The van der Waals surface area contributed by atoms with Crippen molar-refractivity contribution in [3.63, 3.8) is 0 Å². The van der Waals surface area contributed by atoms with Crippen LogP contribution >= 0.6 is 11.3 Å². The van der Waals surface area contributed by atoms with Crippen molar-refractivity contribution in [3.8, 4) is 11.3 Å². The third-order valence-electron chi connectivity index (χ3n) is 5.86. The minimum atomic E-state index is -0.229. The molecule has 6 heteroatoms. The van der Waals surface area contributed by atoms with Crippen LogP contribution in [0.1, 0.15) is 40.0 Å². The Morgan fingerprint density at radius 2 is 1.87 bits per heavy atom. The molecule has 162 valence electrons. The first kappa shape index (κ1) is 22.5. The number of hydrogen-bond donors (Lipinski definition) is 1. The van der Waals surface area contributed by atoms with Crippen LogP contribution in [-0.4, -0.2) is 37.1 Å². The molecule has 0 radical (unpaired) electrons. The molecule has 0 saturated carbocycles. The zero-order valence-electron chi connectivity index (χ0n) is 18.7. The minimum Gasteiger partial charge on any atom is -0.338 e. The number of benzene rings is 1. The molecule has 4 nitrogen and oxygen atoms in total. The van der Waals surface area contributed by atoms with Gasteiger partial charge in [0.05, 0.1) is 5.69 Å². The maximum atomic E-state index is 13.3. The Morgan fingerprint density at radius 1 is 1.20 bits per heavy atom. The number of nitrogens with one attached hydrogen (secondary N) is 1. The van der Waals surface area contributed by atoms with Gasteiger partial charge < -0.3 is 15.1 Å². The van der Waals surface area contributed by atoms with E-state index in [9.17, 15) is 4.39 Å². The Kier molecular flexibility index (Phi) is 7.67. The lowest BCUT2D eigenvalue weighted by Gasteiger charge is -2.31. The Balaban J connectivity index is 1.84. The number of anilines is 1. The Morgan fingerprint density at radius 3 is 2.50 bits per heavy atom. The number of rotatable bonds is 7. The van der Waals surface area contributed by atoms with E-state index < -0.39 is 0 Å². The fourth-order valence-corrected chi connectivity index (χ4v) is 4.79. The highest BCUT2D eigenvalue weighted by Gasteiger charge is 2.19. The van der Waals surface area contributed by atoms with Crippen LogP contribution in [0.4, 0.5) is 9.52 Å². The van der Waals surface area contributed by atoms with Gasteiger partial charge in [0, 0.05) is 31.2 Å². The van der Waals surface area contributed by atoms with Gasteiger partial charge in [-0.25, -0.2) is 9.37 Å². The van der Waals surface area contributed by atoms with E-state index in [1.807, 2.05) is 5.38 Å². The summed E-state index contributed by atoms with van der Waals surface area (Å²) in [6, 6.07) is 6.51. The molecule has 0 unspecified atom stereocenters. The fourth-order valence-electron chi connectivity index (χ4n) is 3.99. The lowest BCUT2D eigenvalue weighted by molar-refractivity contribution is 0.410. The highest BCUT2D eigenvalue weighted by atomic mass is 32.1. The lowest BCUT2D eigenvalue weighted by Crippen LogP contribution is -2.31. The average molecular weight is 429 g/mol. The van der Waals surface area contributed by atoms with Crippen molar-refractivity contribution in [2.45, 2.75) is 40.0 Å². The van der Waals surface area contributed by atoms with Gasteiger partial charge in [0.15, 0.2) is 5.13 Å². The molecule has 1 aliphatic rings. The van der Waals surface area contributed by atoms with E-state index in [2.05, 4.69) is 56.2 Å². The van der Waals surface area contributed by atoms with Crippen LogP contribution in [0.3, 0.4) is 0 Å². The van der Waals surface area contributed by atoms with E-state index in [4.69, 9.17) is 4.98 Å². The molecule has 1 aromatic heterocycles. The second-order valence-electron chi connectivity index (χ2n) is 8.05. The van der Waals surface area contributed by atoms with Crippen molar-refractivity contribution in [2.75, 3.05) is 32.1 Å². The fraction of sp³-hybridized carbons (Fsp3) is 0.458. The first-order valence-corrected chi connectivity index (χ1v) is 11.6. The third kappa shape index (κ3) is 5.29. The molecule has 2 aromatic rings. The Bertz CT molecular complexity index is 894.